The van der Waals surface area contributed by atoms with Crippen LogP contribution in [0.4, 0.5) is 4.39 Å². The molecule has 2 unspecified atom stereocenters. The third-order valence-corrected chi connectivity index (χ3v) is 3.97. The van der Waals surface area contributed by atoms with Crippen LogP contribution < -0.4 is 0 Å². The second-order valence-electron chi connectivity index (χ2n) is 4.95. The molecular weight excluding hydrogens is 283 g/mol. The molecule has 0 aromatic heterocycles. The first-order valence-corrected chi connectivity index (χ1v) is 7.00. The van der Waals surface area contributed by atoms with Crippen molar-refractivity contribution in [3.63, 3.8) is 0 Å². The molecule has 1 aliphatic carbocycles. The second kappa shape index (κ2) is 5.96. The van der Waals surface area contributed by atoms with Crippen LogP contribution in [0.2, 0.25) is 0 Å². The lowest BCUT2D eigenvalue weighted by Gasteiger charge is -2.26. The van der Waals surface area contributed by atoms with Crippen LogP contribution in [-0.2, 0) is 11.3 Å². The highest BCUT2D eigenvalue weighted by molar-refractivity contribution is 9.10. The molecule has 0 amide bonds. The van der Waals surface area contributed by atoms with E-state index in [1.807, 2.05) is 0 Å². The van der Waals surface area contributed by atoms with Crippen molar-refractivity contribution in [3.8, 4) is 0 Å². The van der Waals surface area contributed by atoms with Crippen molar-refractivity contribution in [2.24, 2.45) is 5.92 Å². The average Bonchev–Trinajstić information content (AvgIpc) is 2.31. The maximum atomic E-state index is 13.1. The minimum Gasteiger partial charge on any atom is -0.374 e. The fraction of sp³-hybridized carbons (Fsp3) is 0.571. The zero-order valence-corrected chi connectivity index (χ0v) is 11.7. The lowest BCUT2D eigenvalue weighted by atomic mass is 9.89. The molecular formula is C14H18BrFO. The topological polar surface area (TPSA) is 9.23 Å². The number of ether oxygens (including phenoxy) is 1. The van der Waals surface area contributed by atoms with E-state index in [9.17, 15) is 4.39 Å². The SMILES string of the molecule is CC1CCCC(OCc2ccc(F)c(Br)c2)C1. The summed E-state index contributed by atoms with van der Waals surface area (Å²) in [6.45, 7) is 2.86. The summed E-state index contributed by atoms with van der Waals surface area (Å²) in [7, 11) is 0. The van der Waals surface area contributed by atoms with Crippen molar-refractivity contribution in [3.05, 3.63) is 34.1 Å². The highest BCUT2D eigenvalue weighted by Crippen LogP contribution is 2.26. The number of rotatable bonds is 3. The Morgan fingerprint density at radius 2 is 2.24 bits per heavy atom. The normalized spacial score (nSPS) is 24.9. The van der Waals surface area contributed by atoms with Gasteiger partial charge < -0.3 is 4.74 Å². The predicted octanol–water partition coefficient (Wildman–Crippen LogP) is 4.68. The smallest absolute Gasteiger partial charge is 0.137 e. The molecule has 0 bridgehead atoms. The largest absolute Gasteiger partial charge is 0.374 e. The van der Waals surface area contributed by atoms with Gasteiger partial charge in [-0.1, -0.05) is 25.8 Å². The van der Waals surface area contributed by atoms with E-state index >= 15 is 0 Å². The van der Waals surface area contributed by atoms with Gasteiger partial charge in [-0.25, -0.2) is 4.39 Å². The molecule has 1 aromatic carbocycles. The second-order valence-corrected chi connectivity index (χ2v) is 5.81. The zero-order valence-electron chi connectivity index (χ0n) is 10.1. The van der Waals surface area contributed by atoms with E-state index in [1.54, 1.807) is 12.1 Å². The summed E-state index contributed by atoms with van der Waals surface area (Å²) >= 11 is 3.19. The van der Waals surface area contributed by atoms with Crippen LogP contribution in [0, 0.1) is 11.7 Å². The van der Waals surface area contributed by atoms with Gasteiger partial charge in [-0.3, -0.25) is 0 Å². The molecule has 17 heavy (non-hydrogen) atoms. The summed E-state index contributed by atoms with van der Waals surface area (Å²) in [5, 5.41) is 0. The first kappa shape index (κ1) is 13.0. The van der Waals surface area contributed by atoms with Crippen molar-refractivity contribution in [2.45, 2.75) is 45.3 Å². The Labute approximate surface area is 110 Å². The Hall–Kier alpha value is -0.410. The number of hydrogen-bond acceptors (Lipinski definition) is 1. The summed E-state index contributed by atoms with van der Waals surface area (Å²) in [4.78, 5) is 0. The van der Waals surface area contributed by atoms with Gasteiger partial charge in [0.1, 0.15) is 5.82 Å². The minimum absolute atomic E-state index is 0.222. The van der Waals surface area contributed by atoms with Crippen molar-refractivity contribution >= 4 is 15.9 Å². The van der Waals surface area contributed by atoms with E-state index in [0.29, 0.717) is 17.2 Å². The average molecular weight is 301 g/mol. The molecule has 0 saturated heterocycles. The first-order valence-electron chi connectivity index (χ1n) is 6.20. The van der Waals surface area contributed by atoms with Gasteiger partial charge in [0.15, 0.2) is 0 Å². The third kappa shape index (κ3) is 3.78. The van der Waals surface area contributed by atoms with E-state index in [-0.39, 0.29) is 5.82 Å². The van der Waals surface area contributed by atoms with Crippen LogP contribution >= 0.6 is 15.9 Å². The van der Waals surface area contributed by atoms with Gasteiger partial charge in [0.25, 0.3) is 0 Å². The summed E-state index contributed by atoms with van der Waals surface area (Å²) in [5.74, 6) is 0.550. The maximum absolute atomic E-state index is 13.1. The van der Waals surface area contributed by atoms with E-state index < -0.39 is 0 Å². The molecule has 0 radical (unpaired) electrons. The Bertz CT molecular complexity index is 380. The standard InChI is InChI=1S/C14H18BrFO/c1-10-3-2-4-12(7-10)17-9-11-5-6-14(16)13(15)8-11/h5-6,8,10,12H,2-4,7,9H2,1H3. The third-order valence-electron chi connectivity index (χ3n) is 3.36. The van der Waals surface area contributed by atoms with Crippen LogP contribution in [-0.4, -0.2) is 6.10 Å². The molecule has 2 rings (SSSR count). The van der Waals surface area contributed by atoms with Crippen LogP contribution in [0.5, 0.6) is 0 Å². The van der Waals surface area contributed by atoms with Crippen molar-refractivity contribution in [2.75, 3.05) is 0 Å². The molecule has 1 aromatic rings. The zero-order chi connectivity index (χ0) is 12.3. The highest BCUT2D eigenvalue weighted by Gasteiger charge is 2.19. The van der Waals surface area contributed by atoms with Gasteiger partial charge >= 0.3 is 0 Å². The van der Waals surface area contributed by atoms with Crippen molar-refractivity contribution in [1.82, 2.24) is 0 Å². The van der Waals surface area contributed by atoms with Crippen LogP contribution in [0.3, 0.4) is 0 Å². The van der Waals surface area contributed by atoms with Crippen LogP contribution in [0.1, 0.15) is 38.2 Å². The van der Waals surface area contributed by atoms with Gasteiger partial charge in [-0.15, -0.1) is 0 Å². The van der Waals surface area contributed by atoms with Gasteiger partial charge in [-0.05, 0) is 52.4 Å². The molecule has 0 spiro atoms. The molecule has 2 atom stereocenters. The summed E-state index contributed by atoms with van der Waals surface area (Å²) in [5.41, 5.74) is 1.02. The Morgan fingerprint density at radius 1 is 1.41 bits per heavy atom. The fourth-order valence-electron chi connectivity index (χ4n) is 2.37. The molecule has 1 nitrogen and oxygen atoms in total. The van der Waals surface area contributed by atoms with Crippen molar-refractivity contribution < 1.29 is 9.13 Å². The molecule has 0 heterocycles. The molecule has 94 valence electrons. The highest BCUT2D eigenvalue weighted by atomic mass is 79.9. The van der Waals surface area contributed by atoms with Crippen LogP contribution in [0.25, 0.3) is 0 Å². The Morgan fingerprint density at radius 3 is 2.94 bits per heavy atom. The van der Waals surface area contributed by atoms with Crippen LogP contribution in [0.15, 0.2) is 22.7 Å². The molecule has 1 aliphatic rings. The monoisotopic (exact) mass is 300 g/mol. The predicted molar refractivity (Wildman–Crippen MR) is 70.3 cm³/mol. The lowest BCUT2D eigenvalue weighted by molar-refractivity contribution is 0.00463. The molecule has 3 heteroatoms. The van der Waals surface area contributed by atoms with E-state index in [1.165, 1.54) is 18.9 Å². The maximum Gasteiger partial charge on any atom is 0.137 e. The quantitative estimate of drug-likeness (QED) is 0.787. The number of benzene rings is 1. The summed E-state index contributed by atoms with van der Waals surface area (Å²) in [6, 6.07) is 5.06. The molecule has 1 fully saturated rings. The molecule has 0 N–H and O–H groups in total. The fourth-order valence-corrected chi connectivity index (χ4v) is 2.80. The van der Waals surface area contributed by atoms with Gasteiger partial charge in [0, 0.05) is 0 Å². The summed E-state index contributed by atoms with van der Waals surface area (Å²) < 4.78 is 19.5. The first-order chi connectivity index (χ1) is 8.15. The van der Waals surface area contributed by atoms with Gasteiger partial charge in [-0.2, -0.15) is 0 Å². The lowest BCUT2D eigenvalue weighted by Crippen LogP contribution is -2.21. The van der Waals surface area contributed by atoms with Crippen molar-refractivity contribution in [1.29, 1.82) is 0 Å². The van der Waals surface area contributed by atoms with E-state index in [2.05, 4.69) is 22.9 Å². The Kier molecular flexibility index (Phi) is 4.57. The van der Waals surface area contributed by atoms with Gasteiger partial charge in [0.2, 0.25) is 0 Å². The minimum atomic E-state index is -0.222. The molecule has 0 aliphatic heterocycles. The number of hydrogen-bond donors (Lipinski definition) is 0. The summed E-state index contributed by atoms with van der Waals surface area (Å²) in [6.07, 6.45) is 5.28. The Balaban J connectivity index is 1.86. The van der Waals surface area contributed by atoms with Gasteiger partial charge in [0.05, 0.1) is 17.2 Å². The number of halogens is 2. The molecule has 1 saturated carbocycles. The van der Waals surface area contributed by atoms with E-state index in [0.717, 1.165) is 24.3 Å². The van der Waals surface area contributed by atoms with E-state index in [4.69, 9.17) is 4.74 Å².